The summed E-state index contributed by atoms with van der Waals surface area (Å²) < 4.78 is 41.5. The lowest BCUT2D eigenvalue weighted by molar-refractivity contribution is -0.148. The maximum Gasteiger partial charge on any atom is 0.253 e. The van der Waals surface area contributed by atoms with Crippen LogP contribution in [0.2, 0.25) is 0 Å². The molecule has 0 saturated carbocycles. The van der Waals surface area contributed by atoms with Crippen LogP contribution in [0.1, 0.15) is 42.6 Å². The largest absolute Gasteiger partial charge is 0.491 e. The van der Waals surface area contributed by atoms with E-state index in [2.05, 4.69) is 0 Å². The molecule has 200 valence electrons. The van der Waals surface area contributed by atoms with Crippen molar-refractivity contribution >= 4 is 15.7 Å². The van der Waals surface area contributed by atoms with Gasteiger partial charge in [0.25, 0.3) is 5.91 Å². The van der Waals surface area contributed by atoms with Crippen LogP contribution in [0.3, 0.4) is 0 Å². The molecule has 2 aliphatic heterocycles. The first-order valence-corrected chi connectivity index (χ1v) is 14.8. The molecule has 0 aromatic heterocycles. The zero-order chi connectivity index (χ0) is 26.9. The normalized spacial score (nSPS) is 18.1. The summed E-state index contributed by atoms with van der Waals surface area (Å²) >= 11 is 0. The first-order valence-electron chi connectivity index (χ1n) is 12.9. The highest BCUT2D eigenvalue weighted by atomic mass is 32.2. The summed E-state index contributed by atoms with van der Waals surface area (Å²) in [5.41, 5.74) is 3.54. The van der Waals surface area contributed by atoms with Gasteiger partial charge in [0.1, 0.15) is 11.5 Å². The van der Waals surface area contributed by atoms with Crippen molar-refractivity contribution < 1.29 is 27.4 Å². The number of nitrogens with zero attached hydrogens (tertiary/aromatic N) is 1. The standard InChI is InChI=1S/C30H33NO6S/c1-20(2)36-26-9-4-22(5-10-26)29(32)31-16-14-23(15-17-31)30-35-19-25-18-24(8-13-28(25)37-30)21-6-11-27(12-7-21)38(3,33)34/h4-13,18,20,23,30H,14-17,19H2,1-3H3. The Labute approximate surface area is 224 Å². The first-order chi connectivity index (χ1) is 18.2. The Bertz CT molecular complexity index is 1390. The lowest BCUT2D eigenvalue weighted by atomic mass is 9.94. The van der Waals surface area contributed by atoms with Crippen molar-refractivity contribution in [2.24, 2.45) is 5.92 Å². The van der Waals surface area contributed by atoms with Gasteiger partial charge in [0.05, 0.1) is 17.6 Å². The molecule has 3 aromatic rings. The molecule has 8 heteroatoms. The van der Waals surface area contributed by atoms with Gasteiger partial charge in [-0.05, 0) is 86.3 Å². The first kappa shape index (κ1) is 26.3. The van der Waals surface area contributed by atoms with E-state index in [-0.39, 0.29) is 24.2 Å². The van der Waals surface area contributed by atoms with E-state index in [1.165, 1.54) is 6.26 Å². The Balaban J connectivity index is 1.17. The van der Waals surface area contributed by atoms with Crippen molar-refractivity contribution in [2.45, 2.75) is 50.6 Å². The van der Waals surface area contributed by atoms with Crippen LogP contribution in [-0.2, 0) is 21.2 Å². The van der Waals surface area contributed by atoms with E-state index in [1.54, 1.807) is 12.1 Å². The van der Waals surface area contributed by atoms with Crippen LogP contribution in [0.25, 0.3) is 11.1 Å². The fraction of sp³-hybridized carbons (Fsp3) is 0.367. The summed E-state index contributed by atoms with van der Waals surface area (Å²) in [7, 11) is -3.23. The summed E-state index contributed by atoms with van der Waals surface area (Å²) in [5.74, 6) is 1.81. The van der Waals surface area contributed by atoms with Gasteiger partial charge in [-0.1, -0.05) is 18.2 Å². The Morgan fingerprint density at radius 3 is 2.24 bits per heavy atom. The van der Waals surface area contributed by atoms with Crippen LogP contribution < -0.4 is 9.47 Å². The lowest BCUT2D eigenvalue weighted by Crippen LogP contribution is -2.44. The number of ether oxygens (including phenoxy) is 3. The topological polar surface area (TPSA) is 82.1 Å². The summed E-state index contributed by atoms with van der Waals surface area (Å²) in [6.45, 7) is 5.71. The van der Waals surface area contributed by atoms with E-state index in [1.807, 2.05) is 73.3 Å². The number of rotatable bonds is 6. The van der Waals surface area contributed by atoms with Crippen molar-refractivity contribution in [1.82, 2.24) is 4.90 Å². The fourth-order valence-electron chi connectivity index (χ4n) is 4.95. The Kier molecular flexibility index (Phi) is 7.45. The summed E-state index contributed by atoms with van der Waals surface area (Å²) in [6, 6.07) is 20.2. The number of hydrogen-bond acceptors (Lipinski definition) is 6. The number of sulfone groups is 1. The molecule has 2 heterocycles. The quantitative estimate of drug-likeness (QED) is 0.424. The monoisotopic (exact) mass is 535 g/mol. The molecule has 7 nitrogen and oxygen atoms in total. The number of carbonyl (C=O) groups excluding carboxylic acids is 1. The molecule has 1 amide bonds. The summed E-state index contributed by atoms with van der Waals surface area (Å²) in [6.07, 6.45) is 2.58. The van der Waals surface area contributed by atoms with Gasteiger partial charge in [0, 0.05) is 36.4 Å². The van der Waals surface area contributed by atoms with Crippen molar-refractivity contribution in [3.8, 4) is 22.6 Å². The minimum Gasteiger partial charge on any atom is -0.491 e. The average molecular weight is 536 g/mol. The zero-order valence-corrected chi connectivity index (χ0v) is 22.7. The maximum atomic E-state index is 13.0. The molecule has 0 spiro atoms. The molecule has 0 bridgehead atoms. The predicted octanol–water partition coefficient (Wildman–Crippen LogP) is 5.33. The molecule has 0 aliphatic carbocycles. The maximum absolute atomic E-state index is 13.0. The van der Waals surface area contributed by atoms with Gasteiger partial charge < -0.3 is 19.1 Å². The molecule has 1 saturated heterocycles. The van der Waals surface area contributed by atoms with Crippen LogP contribution >= 0.6 is 0 Å². The second-order valence-corrected chi connectivity index (χ2v) is 12.3. The Morgan fingerprint density at radius 1 is 0.947 bits per heavy atom. The van der Waals surface area contributed by atoms with Gasteiger partial charge in [-0.3, -0.25) is 4.79 Å². The lowest BCUT2D eigenvalue weighted by Gasteiger charge is -2.37. The third kappa shape index (κ3) is 5.87. The van der Waals surface area contributed by atoms with E-state index >= 15 is 0 Å². The average Bonchev–Trinajstić information content (AvgIpc) is 2.92. The highest BCUT2D eigenvalue weighted by Crippen LogP contribution is 2.35. The molecule has 1 fully saturated rings. The van der Waals surface area contributed by atoms with Crippen molar-refractivity contribution in [1.29, 1.82) is 0 Å². The molecule has 38 heavy (non-hydrogen) atoms. The van der Waals surface area contributed by atoms with E-state index in [9.17, 15) is 13.2 Å². The van der Waals surface area contributed by atoms with Gasteiger partial charge in [-0.25, -0.2) is 8.42 Å². The van der Waals surface area contributed by atoms with Gasteiger partial charge >= 0.3 is 0 Å². The summed E-state index contributed by atoms with van der Waals surface area (Å²) in [5, 5.41) is 0. The SMILES string of the molecule is CC(C)Oc1ccc(C(=O)N2CCC(C3OCc4cc(-c5ccc(S(C)(=O)=O)cc5)ccc4O3)CC2)cc1. The molecule has 1 unspecified atom stereocenters. The number of fused-ring (bicyclic) bond motifs is 1. The van der Waals surface area contributed by atoms with Crippen LogP contribution in [0, 0.1) is 5.92 Å². The fourth-order valence-corrected chi connectivity index (χ4v) is 5.58. The van der Waals surface area contributed by atoms with Gasteiger partial charge in [-0.2, -0.15) is 0 Å². The summed E-state index contributed by atoms with van der Waals surface area (Å²) in [4.78, 5) is 15.2. The van der Waals surface area contributed by atoms with E-state index < -0.39 is 9.84 Å². The molecular formula is C30H33NO6S. The highest BCUT2D eigenvalue weighted by molar-refractivity contribution is 7.90. The van der Waals surface area contributed by atoms with Crippen LogP contribution in [-0.4, -0.2) is 51.0 Å². The van der Waals surface area contributed by atoms with Gasteiger partial charge in [-0.15, -0.1) is 0 Å². The second-order valence-electron chi connectivity index (χ2n) is 10.2. The number of carbonyl (C=O) groups is 1. The highest BCUT2D eigenvalue weighted by Gasteiger charge is 2.33. The molecular weight excluding hydrogens is 502 g/mol. The molecule has 0 radical (unpaired) electrons. The number of hydrogen-bond donors (Lipinski definition) is 0. The molecule has 0 N–H and O–H groups in total. The van der Waals surface area contributed by atoms with E-state index in [4.69, 9.17) is 14.2 Å². The molecule has 3 aromatic carbocycles. The third-order valence-corrected chi connectivity index (χ3v) is 8.14. The third-order valence-electron chi connectivity index (χ3n) is 7.01. The molecule has 2 aliphatic rings. The number of likely N-dealkylation sites (tertiary alicyclic amines) is 1. The van der Waals surface area contributed by atoms with E-state index in [0.717, 1.165) is 41.0 Å². The Hall–Kier alpha value is -3.36. The van der Waals surface area contributed by atoms with Crippen LogP contribution in [0.4, 0.5) is 0 Å². The van der Waals surface area contributed by atoms with Gasteiger partial charge in [0.2, 0.25) is 6.29 Å². The van der Waals surface area contributed by atoms with Gasteiger partial charge in [0.15, 0.2) is 9.84 Å². The van der Waals surface area contributed by atoms with Crippen LogP contribution in [0.5, 0.6) is 11.5 Å². The predicted molar refractivity (Wildman–Crippen MR) is 145 cm³/mol. The molecule has 1 atom stereocenters. The zero-order valence-electron chi connectivity index (χ0n) is 21.9. The Morgan fingerprint density at radius 2 is 1.61 bits per heavy atom. The minimum absolute atomic E-state index is 0.0347. The minimum atomic E-state index is -3.23. The number of piperidine rings is 1. The molecule has 5 rings (SSSR count). The van der Waals surface area contributed by atoms with E-state index in [0.29, 0.717) is 30.2 Å². The van der Waals surface area contributed by atoms with Crippen LogP contribution in [0.15, 0.2) is 71.6 Å². The number of benzene rings is 3. The van der Waals surface area contributed by atoms with Crippen molar-refractivity contribution in [3.63, 3.8) is 0 Å². The van der Waals surface area contributed by atoms with Crippen molar-refractivity contribution in [3.05, 3.63) is 77.9 Å². The number of amides is 1. The second kappa shape index (κ2) is 10.8. The van der Waals surface area contributed by atoms with Crippen molar-refractivity contribution in [2.75, 3.05) is 19.3 Å². The smallest absolute Gasteiger partial charge is 0.253 e.